The Morgan fingerprint density at radius 1 is 1.18 bits per heavy atom. The smallest absolute Gasteiger partial charge is 0.192 e. The van der Waals surface area contributed by atoms with Crippen molar-refractivity contribution in [2.24, 2.45) is 0 Å². The van der Waals surface area contributed by atoms with Crippen molar-refractivity contribution in [2.75, 3.05) is 6.61 Å². The zero-order chi connectivity index (χ0) is 13.4. The molecule has 0 rings (SSSR count). The third-order valence-electron chi connectivity index (χ3n) is 3.42. The van der Waals surface area contributed by atoms with Crippen LogP contribution >= 0.6 is 0 Å². The molecule has 0 aromatic carbocycles. The Bertz CT molecular complexity index is 271. The lowest BCUT2D eigenvalue weighted by atomic mass is 10.2. The van der Waals surface area contributed by atoms with Gasteiger partial charge >= 0.3 is 0 Å². The highest BCUT2D eigenvalue weighted by atomic mass is 28.4. The highest BCUT2D eigenvalue weighted by Crippen LogP contribution is 2.36. The predicted octanol–water partition coefficient (Wildman–Crippen LogP) is 4.65. The molecular weight excluding hydrogens is 226 g/mol. The van der Waals surface area contributed by atoms with E-state index in [9.17, 15) is 0 Å². The van der Waals surface area contributed by atoms with E-state index in [2.05, 4.69) is 52.1 Å². The summed E-state index contributed by atoms with van der Waals surface area (Å²) >= 11 is 0. The minimum absolute atomic E-state index is 0.285. The summed E-state index contributed by atoms with van der Waals surface area (Å²) in [4.78, 5) is 0. The summed E-state index contributed by atoms with van der Waals surface area (Å²) in [6.07, 6.45) is 8.13. The Labute approximate surface area is 108 Å². The Hall–Kier alpha value is -0.593. The molecule has 0 amide bonds. The Morgan fingerprint density at radius 3 is 2.35 bits per heavy atom. The molecule has 0 unspecified atom stereocenters. The van der Waals surface area contributed by atoms with Gasteiger partial charge in [-0.15, -0.1) is 0 Å². The van der Waals surface area contributed by atoms with Gasteiger partial charge in [-0.3, -0.25) is 0 Å². The van der Waals surface area contributed by atoms with Crippen LogP contribution in [0.15, 0.2) is 12.2 Å². The van der Waals surface area contributed by atoms with Gasteiger partial charge in [-0.1, -0.05) is 32.9 Å². The van der Waals surface area contributed by atoms with Crippen molar-refractivity contribution in [3.05, 3.63) is 12.2 Å². The van der Waals surface area contributed by atoms with Crippen LogP contribution in [0.4, 0.5) is 0 Å². The predicted molar refractivity (Wildman–Crippen MR) is 76.4 cm³/mol. The van der Waals surface area contributed by atoms with Gasteiger partial charge < -0.3 is 4.43 Å². The number of allylic oxidation sites excluding steroid dienone is 1. The zero-order valence-corrected chi connectivity index (χ0v) is 13.0. The van der Waals surface area contributed by atoms with E-state index in [1.165, 1.54) is 0 Å². The molecule has 0 heterocycles. The molecule has 0 aliphatic rings. The van der Waals surface area contributed by atoms with Crippen LogP contribution in [0, 0.1) is 11.3 Å². The molecule has 0 aromatic rings. The van der Waals surface area contributed by atoms with Crippen LogP contribution in [0.2, 0.25) is 18.1 Å². The lowest BCUT2D eigenvalue weighted by Gasteiger charge is -2.35. The van der Waals surface area contributed by atoms with Crippen molar-refractivity contribution in [3.63, 3.8) is 0 Å². The summed E-state index contributed by atoms with van der Waals surface area (Å²) in [6.45, 7) is 12.0. The Morgan fingerprint density at radius 2 is 1.82 bits per heavy atom. The largest absolute Gasteiger partial charge is 0.413 e. The first-order chi connectivity index (χ1) is 7.81. The summed E-state index contributed by atoms with van der Waals surface area (Å²) in [5.74, 6) is 0. The number of hydrogen-bond acceptors (Lipinski definition) is 2. The zero-order valence-electron chi connectivity index (χ0n) is 12.0. The van der Waals surface area contributed by atoms with Gasteiger partial charge in [-0.05, 0) is 37.4 Å². The van der Waals surface area contributed by atoms with Crippen molar-refractivity contribution in [2.45, 2.75) is 64.6 Å². The van der Waals surface area contributed by atoms with Crippen LogP contribution < -0.4 is 0 Å². The summed E-state index contributed by atoms with van der Waals surface area (Å²) in [5, 5.41) is 8.67. The number of rotatable bonds is 7. The Balaban J connectivity index is 3.70. The first kappa shape index (κ1) is 16.4. The maximum atomic E-state index is 8.39. The molecular formula is C14H27NOSi. The van der Waals surface area contributed by atoms with Crippen LogP contribution in [0.25, 0.3) is 0 Å². The molecule has 0 spiro atoms. The third kappa shape index (κ3) is 7.35. The second kappa shape index (κ2) is 7.68. The Kier molecular flexibility index (Phi) is 7.41. The fraction of sp³-hybridized carbons (Fsp3) is 0.786. The van der Waals surface area contributed by atoms with E-state index in [0.29, 0.717) is 6.42 Å². The standard InChI is InChI=1S/C14H27NOSi/c1-14(2,3)17(4,5)16-13-11-9-7-6-8-10-12-15/h9,11H,6-8,10,13H2,1-5H3/b11-9+. The second-order valence-corrected chi connectivity index (χ2v) is 10.8. The quantitative estimate of drug-likeness (QED) is 0.376. The van der Waals surface area contributed by atoms with Crippen molar-refractivity contribution in [1.29, 1.82) is 5.26 Å². The molecule has 98 valence electrons. The lowest BCUT2D eigenvalue weighted by molar-refractivity contribution is 0.327. The van der Waals surface area contributed by atoms with Gasteiger partial charge in [0.1, 0.15) is 0 Å². The normalized spacial score (nSPS) is 12.9. The van der Waals surface area contributed by atoms with E-state index < -0.39 is 8.32 Å². The maximum Gasteiger partial charge on any atom is 0.192 e. The van der Waals surface area contributed by atoms with Gasteiger partial charge in [0, 0.05) is 6.42 Å². The monoisotopic (exact) mass is 253 g/mol. The minimum Gasteiger partial charge on any atom is -0.413 e. The van der Waals surface area contributed by atoms with E-state index in [1.54, 1.807) is 0 Å². The van der Waals surface area contributed by atoms with E-state index in [1.807, 2.05) is 0 Å². The fourth-order valence-electron chi connectivity index (χ4n) is 1.13. The molecule has 0 N–H and O–H groups in total. The summed E-state index contributed by atoms with van der Waals surface area (Å²) in [6, 6.07) is 2.16. The van der Waals surface area contributed by atoms with Crippen molar-refractivity contribution >= 4 is 8.32 Å². The van der Waals surface area contributed by atoms with Crippen LogP contribution in [-0.2, 0) is 4.43 Å². The van der Waals surface area contributed by atoms with Crippen molar-refractivity contribution < 1.29 is 4.43 Å². The molecule has 2 nitrogen and oxygen atoms in total. The molecule has 0 aromatic heterocycles. The molecule has 0 aliphatic carbocycles. The van der Waals surface area contributed by atoms with E-state index in [0.717, 1.165) is 25.9 Å². The highest BCUT2D eigenvalue weighted by molar-refractivity contribution is 6.74. The second-order valence-electron chi connectivity index (χ2n) is 5.95. The molecule has 0 aliphatic heterocycles. The van der Waals surface area contributed by atoms with Gasteiger partial charge in [0.15, 0.2) is 8.32 Å². The number of unbranched alkanes of at least 4 members (excludes halogenated alkanes) is 3. The molecule has 0 radical (unpaired) electrons. The van der Waals surface area contributed by atoms with Gasteiger partial charge in [0.05, 0.1) is 12.7 Å². The molecule has 0 saturated heterocycles. The van der Waals surface area contributed by atoms with E-state index in [4.69, 9.17) is 9.69 Å². The molecule has 3 heteroatoms. The lowest BCUT2D eigenvalue weighted by Crippen LogP contribution is -2.40. The SMILES string of the molecule is CC(C)(C)[Si](C)(C)OC/C=C/CCCCC#N. The fourth-order valence-corrected chi connectivity index (χ4v) is 2.07. The van der Waals surface area contributed by atoms with E-state index >= 15 is 0 Å². The van der Waals surface area contributed by atoms with Crippen LogP contribution in [0.1, 0.15) is 46.5 Å². The van der Waals surface area contributed by atoms with Gasteiger partial charge in [-0.2, -0.15) is 5.26 Å². The first-order valence-corrected chi connectivity index (χ1v) is 9.38. The topological polar surface area (TPSA) is 33.0 Å². The maximum absolute atomic E-state index is 8.39. The summed E-state index contributed by atoms with van der Waals surface area (Å²) in [5.41, 5.74) is 0. The number of hydrogen-bond donors (Lipinski definition) is 0. The van der Waals surface area contributed by atoms with Crippen LogP contribution in [-0.4, -0.2) is 14.9 Å². The first-order valence-electron chi connectivity index (χ1n) is 6.47. The third-order valence-corrected chi connectivity index (χ3v) is 7.92. The average molecular weight is 253 g/mol. The summed E-state index contributed by atoms with van der Waals surface area (Å²) in [7, 11) is -1.58. The van der Waals surface area contributed by atoms with Gasteiger partial charge in [-0.25, -0.2) is 0 Å². The molecule has 0 atom stereocenters. The van der Waals surface area contributed by atoms with Crippen LogP contribution in [0.3, 0.4) is 0 Å². The average Bonchev–Trinajstić information content (AvgIpc) is 2.20. The number of nitrogens with zero attached hydrogens (tertiary/aromatic N) is 1. The summed E-state index contributed by atoms with van der Waals surface area (Å²) < 4.78 is 6.02. The molecule has 17 heavy (non-hydrogen) atoms. The van der Waals surface area contributed by atoms with Crippen molar-refractivity contribution in [3.8, 4) is 6.07 Å². The highest BCUT2D eigenvalue weighted by Gasteiger charge is 2.36. The minimum atomic E-state index is -1.58. The number of nitriles is 1. The molecule has 0 fully saturated rings. The molecule has 0 saturated carbocycles. The van der Waals surface area contributed by atoms with Gasteiger partial charge in [0.25, 0.3) is 0 Å². The van der Waals surface area contributed by atoms with Crippen molar-refractivity contribution in [1.82, 2.24) is 0 Å². The van der Waals surface area contributed by atoms with E-state index in [-0.39, 0.29) is 5.04 Å². The van der Waals surface area contributed by atoms with Gasteiger partial charge in [0.2, 0.25) is 0 Å². The molecule has 0 bridgehead atoms. The van der Waals surface area contributed by atoms with Crippen LogP contribution in [0.5, 0.6) is 0 Å².